The number of hydrogen-bond acceptors (Lipinski definition) is 5. The fraction of sp³-hybridized carbons (Fsp3) is 0.381. The molecule has 0 saturated heterocycles. The van der Waals surface area contributed by atoms with Crippen LogP contribution in [0.2, 0.25) is 0 Å². The maximum atomic E-state index is 11.1. The predicted octanol–water partition coefficient (Wildman–Crippen LogP) is 3.17. The number of aliphatic hydroxyl groups excluding tert-OH is 1. The van der Waals surface area contributed by atoms with Gasteiger partial charge in [0, 0.05) is 19.2 Å². The van der Waals surface area contributed by atoms with Crippen molar-refractivity contribution in [1.82, 2.24) is 10.6 Å². The fourth-order valence-corrected chi connectivity index (χ4v) is 2.68. The standard InChI is InChI=1S/C21H28N4O4/c1-4-22-21(23-13-17-7-5-6-8-19(17)25(27)28)24-14-20(26)16-9-11-18(12-10-16)29-15(2)3/h5-12,15,20,26H,4,13-14H2,1-3H3,(H2,22,23,24). The molecule has 0 aliphatic heterocycles. The van der Waals surface area contributed by atoms with Crippen molar-refractivity contribution in [2.75, 3.05) is 13.1 Å². The molecule has 29 heavy (non-hydrogen) atoms. The van der Waals surface area contributed by atoms with E-state index < -0.39 is 11.0 Å². The number of benzene rings is 2. The highest BCUT2D eigenvalue weighted by Gasteiger charge is 2.13. The summed E-state index contributed by atoms with van der Waals surface area (Å²) in [4.78, 5) is 15.1. The van der Waals surface area contributed by atoms with Crippen LogP contribution in [0.15, 0.2) is 53.5 Å². The molecule has 0 heterocycles. The third-order valence-corrected chi connectivity index (χ3v) is 4.04. The van der Waals surface area contributed by atoms with Crippen molar-refractivity contribution in [2.24, 2.45) is 4.99 Å². The first-order chi connectivity index (χ1) is 13.9. The van der Waals surface area contributed by atoms with Gasteiger partial charge in [-0.3, -0.25) is 10.1 Å². The van der Waals surface area contributed by atoms with E-state index in [1.807, 2.05) is 45.0 Å². The number of hydrogen-bond donors (Lipinski definition) is 3. The van der Waals surface area contributed by atoms with Crippen LogP contribution in [0.25, 0.3) is 0 Å². The third-order valence-electron chi connectivity index (χ3n) is 4.04. The Balaban J connectivity index is 1.99. The van der Waals surface area contributed by atoms with Gasteiger partial charge in [-0.25, -0.2) is 4.99 Å². The molecule has 0 saturated carbocycles. The molecule has 0 fully saturated rings. The molecule has 0 spiro atoms. The zero-order valence-electron chi connectivity index (χ0n) is 17.0. The van der Waals surface area contributed by atoms with E-state index in [1.54, 1.807) is 18.2 Å². The van der Waals surface area contributed by atoms with Gasteiger partial charge in [0.1, 0.15) is 5.75 Å². The highest BCUT2D eigenvalue weighted by atomic mass is 16.6. The SMILES string of the molecule is CCNC(=NCc1ccccc1[N+](=O)[O-])NCC(O)c1ccc(OC(C)C)cc1. The van der Waals surface area contributed by atoms with Crippen molar-refractivity contribution >= 4 is 11.6 Å². The second kappa shape index (κ2) is 11.0. The van der Waals surface area contributed by atoms with E-state index in [1.165, 1.54) is 6.07 Å². The number of aliphatic imine (C=N–C) groups is 1. The van der Waals surface area contributed by atoms with E-state index in [0.717, 1.165) is 11.3 Å². The molecule has 156 valence electrons. The highest BCUT2D eigenvalue weighted by Crippen LogP contribution is 2.19. The van der Waals surface area contributed by atoms with Gasteiger partial charge in [-0.1, -0.05) is 30.3 Å². The Morgan fingerprint density at radius 2 is 1.86 bits per heavy atom. The van der Waals surface area contributed by atoms with Crippen LogP contribution in [0.4, 0.5) is 5.69 Å². The summed E-state index contributed by atoms with van der Waals surface area (Å²) in [5.74, 6) is 1.23. The zero-order chi connectivity index (χ0) is 21.2. The number of aliphatic hydroxyl groups is 1. The molecule has 0 bridgehead atoms. The first-order valence-corrected chi connectivity index (χ1v) is 9.59. The van der Waals surface area contributed by atoms with Crippen LogP contribution < -0.4 is 15.4 Å². The summed E-state index contributed by atoms with van der Waals surface area (Å²) in [5, 5.41) is 27.7. The van der Waals surface area contributed by atoms with Gasteiger partial charge >= 0.3 is 0 Å². The van der Waals surface area contributed by atoms with Gasteiger partial charge in [0.25, 0.3) is 5.69 Å². The van der Waals surface area contributed by atoms with Crippen LogP contribution >= 0.6 is 0 Å². The Hall–Kier alpha value is -3.13. The van der Waals surface area contributed by atoms with E-state index in [0.29, 0.717) is 18.1 Å². The lowest BCUT2D eigenvalue weighted by molar-refractivity contribution is -0.385. The normalized spacial score (nSPS) is 12.5. The topological polar surface area (TPSA) is 109 Å². The molecule has 2 rings (SSSR count). The molecule has 0 aromatic heterocycles. The van der Waals surface area contributed by atoms with Gasteiger partial charge in [-0.05, 0) is 38.5 Å². The van der Waals surface area contributed by atoms with Crippen molar-refractivity contribution in [3.05, 3.63) is 69.8 Å². The molecular weight excluding hydrogens is 372 g/mol. The lowest BCUT2D eigenvalue weighted by Crippen LogP contribution is -2.39. The number of nitro groups is 1. The molecule has 0 aliphatic carbocycles. The summed E-state index contributed by atoms with van der Waals surface area (Å²) in [5.41, 5.74) is 1.31. The predicted molar refractivity (Wildman–Crippen MR) is 113 cm³/mol. The second-order valence-corrected chi connectivity index (χ2v) is 6.71. The van der Waals surface area contributed by atoms with Gasteiger partial charge < -0.3 is 20.5 Å². The molecule has 8 nitrogen and oxygen atoms in total. The summed E-state index contributed by atoms with van der Waals surface area (Å²) < 4.78 is 5.61. The fourth-order valence-electron chi connectivity index (χ4n) is 2.68. The Morgan fingerprint density at radius 3 is 2.48 bits per heavy atom. The van der Waals surface area contributed by atoms with Gasteiger partial charge in [-0.15, -0.1) is 0 Å². The van der Waals surface area contributed by atoms with Crippen molar-refractivity contribution in [1.29, 1.82) is 0 Å². The summed E-state index contributed by atoms with van der Waals surface area (Å²) in [6.45, 7) is 6.86. The number of nitrogens with zero attached hydrogens (tertiary/aromatic N) is 2. The average molecular weight is 400 g/mol. The summed E-state index contributed by atoms with van der Waals surface area (Å²) >= 11 is 0. The number of rotatable bonds is 9. The van der Waals surface area contributed by atoms with Crippen molar-refractivity contribution in [3.63, 3.8) is 0 Å². The molecule has 0 amide bonds. The Kier molecular flexibility index (Phi) is 8.42. The summed E-state index contributed by atoms with van der Waals surface area (Å²) in [6, 6.07) is 13.8. The molecule has 2 aromatic rings. The number of guanidine groups is 1. The van der Waals surface area contributed by atoms with E-state index in [2.05, 4.69) is 15.6 Å². The first-order valence-electron chi connectivity index (χ1n) is 9.59. The molecule has 0 radical (unpaired) electrons. The lowest BCUT2D eigenvalue weighted by Gasteiger charge is -2.16. The van der Waals surface area contributed by atoms with E-state index >= 15 is 0 Å². The maximum Gasteiger partial charge on any atom is 0.274 e. The second-order valence-electron chi connectivity index (χ2n) is 6.71. The number of ether oxygens (including phenoxy) is 1. The van der Waals surface area contributed by atoms with Crippen LogP contribution in [-0.2, 0) is 6.54 Å². The first kappa shape index (κ1) is 22.2. The molecule has 1 unspecified atom stereocenters. The van der Waals surface area contributed by atoms with E-state index in [-0.39, 0.29) is 24.9 Å². The Bertz CT molecular complexity index is 822. The molecule has 0 aliphatic rings. The van der Waals surface area contributed by atoms with Gasteiger partial charge in [0.05, 0.1) is 29.2 Å². The van der Waals surface area contributed by atoms with Crippen molar-refractivity contribution < 1.29 is 14.8 Å². The monoisotopic (exact) mass is 400 g/mol. The van der Waals surface area contributed by atoms with E-state index in [9.17, 15) is 15.2 Å². The Morgan fingerprint density at radius 1 is 1.17 bits per heavy atom. The van der Waals surface area contributed by atoms with Gasteiger partial charge in [-0.2, -0.15) is 0 Å². The highest BCUT2D eigenvalue weighted by molar-refractivity contribution is 5.79. The van der Waals surface area contributed by atoms with Crippen molar-refractivity contribution in [2.45, 2.75) is 39.5 Å². The van der Waals surface area contributed by atoms with Gasteiger partial charge in [0.15, 0.2) is 5.96 Å². The maximum absolute atomic E-state index is 11.1. The average Bonchev–Trinajstić information content (AvgIpc) is 2.70. The van der Waals surface area contributed by atoms with Crippen LogP contribution in [0.5, 0.6) is 5.75 Å². The smallest absolute Gasteiger partial charge is 0.274 e. The molecule has 8 heteroatoms. The van der Waals surface area contributed by atoms with Gasteiger partial charge in [0.2, 0.25) is 0 Å². The number of nitrogens with one attached hydrogen (secondary N) is 2. The van der Waals surface area contributed by atoms with Crippen LogP contribution in [0, 0.1) is 10.1 Å². The molecule has 1 atom stereocenters. The quantitative estimate of drug-likeness (QED) is 0.258. The zero-order valence-corrected chi connectivity index (χ0v) is 17.0. The largest absolute Gasteiger partial charge is 0.491 e. The van der Waals surface area contributed by atoms with Crippen LogP contribution in [-0.4, -0.2) is 35.2 Å². The summed E-state index contributed by atoms with van der Waals surface area (Å²) in [7, 11) is 0. The minimum atomic E-state index is -0.738. The Labute approximate surface area is 170 Å². The molecule has 3 N–H and O–H groups in total. The summed E-state index contributed by atoms with van der Waals surface area (Å²) in [6.07, 6.45) is -0.648. The number of nitro benzene ring substituents is 1. The molecular formula is C21H28N4O4. The minimum Gasteiger partial charge on any atom is -0.491 e. The van der Waals surface area contributed by atoms with Crippen LogP contribution in [0.1, 0.15) is 38.0 Å². The third kappa shape index (κ3) is 7.08. The van der Waals surface area contributed by atoms with Crippen LogP contribution in [0.3, 0.4) is 0 Å². The van der Waals surface area contributed by atoms with Crippen molar-refractivity contribution in [3.8, 4) is 5.75 Å². The number of para-hydroxylation sites is 1. The molecule has 2 aromatic carbocycles. The lowest BCUT2D eigenvalue weighted by atomic mass is 10.1. The van der Waals surface area contributed by atoms with E-state index in [4.69, 9.17) is 4.74 Å². The minimum absolute atomic E-state index is 0.0378.